The molecule has 0 saturated carbocycles. The van der Waals surface area contributed by atoms with Crippen molar-refractivity contribution in [3.8, 4) is 11.3 Å². The number of aryl methyl sites for hydroxylation is 2. The number of nitrogens with one attached hydrogen (secondary N) is 1. The fraction of sp³-hybridized carbons (Fsp3) is 0.500. The summed E-state index contributed by atoms with van der Waals surface area (Å²) in [4.78, 5) is 0. The standard InChI is InChI=1S/C12H18N4/c1-4-5-6-16-10(3)11(8-14-16)12-9(2)7-13-15-12/h7-8H,4-6H2,1-3H3,(H,13,15). The van der Waals surface area contributed by atoms with Crippen LogP contribution in [0, 0.1) is 13.8 Å². The average Bonchev–Trinajstić information content (AvgIpc) is 2.83. The molecule has 0 spiro atoms. The predicted octanol–water partition coefficient (Wildman–Crippen LogP) is 2.69. The Morgan fingerprint density at radius 1 is 1.31 bits per heavy atom. The highest BCUT2D eigenvalue weighted by atomic mass is 15.3. The fourth-order valence-electron chi connectivity index (χ4n) is 1.84. The lowest BCUT2D eigenvalue weighted by molar-refractivity contribution is 0.559. The summed E-state index contributed by atoms with van der Waals surface area (Å²) in [6.07, 6.45) is 6.13. The van der Waals surface area contributed by atoms with Crippen LogP contribution in [-0.4, -0.2) is 20.0 Å². The van der Waals surface area contributed by atoms with Gasteiger partial charge in [0.2, 0.25) is 0 Å². The zero-order chi connectivity index (χ0) is 11.5. The van der Waals surface area contributed by atoms with Gasteiger partial charge in [0.15, 0.2) is 0 Å². The molecule has 0 radical (unpaired) electrons. The lowest BCUT2D eigenvalue weighted by atomic mass is 10.1. The molecule has 0 atom stereocenters. The summed E-state index contributed by atoms with van der Waals surface area (Å²) < 4.78 is 2.07. The zero-order valence-electron chi connectivity index (χ0n) is 10.1. The van der Waals surface area contributed by atoms with Gasteiger partial charge in [-0.05, 0) is 25.8 Å². The van der Waals surface area contributed by atoms with Gasteiger partial charge >= 0.3 is 0 Å². The van der Waals surface area contributed by atoms with Crippen molar-refractivity contribution in [1.29, 1.82) is 0 Å². The summed E-state index contributed by atoms with van der Waals surface area (Å²) in [5.41, 5.74) is 4.62. The van der Waals surface area contributed by atoms with Crippen molar-refractivity contribution in [1.82, 2.24) is 20.0 Å². The molecule has 0 aliphatic rings. The summed E-state index contributed by atoms with van der Waals surface area (Å²) in [5, 5.41) is 11.5. The Labute approximate surface area is 95.7 Å². The molecule has 4 nitrogen and oxygen atoms in total. The van der Waals surface area contributed by atoms with E-state index in [1.54, 1.807) is 0 Å². The summed E-state index contributed by atoms with van der Waals surface area (Å²) in [5.74, 6) is 0. The van der Waals surface area contributed by atoms with Gasteiger partial charge in [0.25, 0.3) is 0 Å². The van der Waals surface area contributed by atoms with Crippen LogP contribution < -0.4 is 0 Å². The molecule has 1 N–H and O–H groups in total. The lowest BCUT2D eigenvalue weighted by Crippen LogP contribution is -2.02. The lowest BCUT2D eigenvalue weighted by Gasteiger charge is -2.04. The van der Waals surface area contributed by atoms with Gasteiger partial charge < -0.3 is 0 Å². The maximum atomic E-state index is 4.42. The Bertz CT molecular complexity index is 467. The van der Waals surface area contributed by atoms with Crippen LogP contribution in [0.15, 0.2) is 12.4 Å². The Morgan fingerprint density at radius 3 is 2.75 bits per heavy atom. The van der Waals surface area contributed by atoms with Gasteiger partial charge in [-0.25, -0.2) is 0 Å². The first kappa shape index (κ1) is 10.9. The van der Waals surface area contributed by atoms with Crippen molar-refractivity contribution in [2.75, 3.05) is 0 Å². The number of aromatic nitrogens is 4. The van der Waals surface area contributed by atoms with Gasteiger partial charge in [-0.1, -0.05) is 13.3 Å². The molecule has 0 saturated heterocycles. The summed E-state index contributed by atoms with van der Waals surface area (Å²) in [6.45, 7) is 7.36. The van der Waals surface area contributed by atoms with E-state index in [1.165, 1.54) is 18.5 Å². The molecule has 16 heavy (non-hydrogen) atoms. The largest absolute Gasteiger partial charge is 0.277 e. The van der Waals surface area contributed by atoms with Crippen LogP contribution in [0.3, 0.4) is 0 Å². The maximum Gasteiger partial charge on any atom is 0.0713 e. The Hall–Kier alpha value is -1.58. The van der Waals surface area contributed by atoms with E-state index in [0.29, 0.717) is 0 Å². The highest BCUT2D eigenvalue weighted by Gasteiger charge is 2.11. The molecule has 2 heterocycles. The van der Waals surface area contributed by atoms with Crippen LogP contribution in [-0.2, 0) is 6.54 Å². The molecule has 0 fully saturated rings. The van der Waals surface area contributed by atoms with E-state index in [0.717, 1.165) is 23.4 Å². The molecular formula is C12H18N4. The minimum absolute atomic E-state index is 0.996. The molecule has 86 valence electrons. The molecule has 0 aliphatic carbocycles. The molecule has 0 bridgehead atoms. The summed E-state index contributed by atoms with van der Waals surface area (Å²) >= 11 is 0. The van der Waals surface area contributed by atoms with E-state index in [-0.39, 0.29) is 0 Å². The number of nitrogens with zero attached hydrogens (tertiary/aromatic N) is 3. The number of rotatable bonds is 4. The topological polar surface area (TPSA) is 46.5 Å². The van der Waals surface area contributed by atoms with E-state index in [2.05, 4.69) is 40.7 Å². The third-order valence-electron chi connectivity index (χ3n) is 2.92. The highest BCUT2D eigenvalue weighted by molar-refractivity contribution is 5.63. The molecule has 4 heteroatoms. The first-order valence-electron chi connectivity index (χ1n) is 5.76. The van der Waals surface area contributed by atoms with E-state index < -0.39 is 0 Å². The molecule has 0 aromatic carbocycles. The second-order valence-electron chi connectivity index (χ2n) is 4.15. The molecule has 2 aromatic heterocycles. The second kappa shape index (κ2) is 4.51. The molecule has 0 amide bonds. The van der Waals surface area contributed by atoms with E-state index in [1.807, 2.05) is 12.4 Å². The van der Waals surface area contributed by atoms with Crippen molar-refractivity contribution in [2.24, 2.45) is 0 Å². The number of unbranched alkanes of at least 4 members (excludes halogenated alkanes) is 1. The van der Waals surface area contributed by atoms with E-state index in [9.17, 15) is 0 Å². The Kier molecular flexibility index (Phi) is 3.08. The molecule has 0 aliphatic heterocycles. The van der Waals surface area contributed by atoms with Gasteiger partial charge in [0, 0.05) is 17.8 Å². The van der Waals surface area contributed by atoms with E-state index >= 15 is 0 Å². The van der Waals surface area contributed by atoms with Crippen molar-refractivity contribution in [3.05, 3.63) is 23.7 Å². The van der Waals surface area contributed by atoms with Gasteiger partial charge in [-0.3, -0.25) is 9.78 Å². The van der Waals surface area contributed by atoms with Gasteiger partial charge in [-0.15, -0.1) is 0 Å². The monoisotopic (exact) mass is 218 g/mol. The van der Waals surface area contributed by atoms with Crippen LogP contribution in [0.1, 0.15) is 31.0 Å². The number of aromatic amines is 1. The molecule has 0 unspecified atom stereocenters. The summed E-state index contributed by atoms with van der Waals surface area (Å²) in [7, 11) is 0. The van der Waals surface area contributed by atoms with Crippen LogP contribution in [0.4, 0.5) is 0 Å². The highest BCUT2D eigenvalue weighted by Crippen LogP contribution is 2.23. The quantitative estimate of drug-likeness (QED) is 0.857. The Morgan fingerprint density at radius 2 is 2.12 bits per heavy atom. The molecule has 2 aromatic rings. The van der Waals surface area contributed by atoms with Crippen LogP contribution in [0.2, 0.25) is 0 Å². The smallest absolute Gasteiger partial charge is 0.0713 e. The zero-order valence-corrected chi connectivity index (χ0v) is 10.1. The number of hydrogen-bond donors (Lipinski definition) is 1. The first-order chi connectivity index (χ1) is 7.74. The third kappa shape index (κ3) is 1.87. The second-order valence-corrected chi connectivity index (χ2v) is 4.15. The SMILES string of the molecule is CCCCn1ncc(-c2[nH]ncc2C)c1C. The van der Waals surface area contributed by atoms with Gasteiger partial charge in [-0.2, -0.15) is 10.2 Å². The minimum Gasteiger partial charge on any atom is -0.277 e. The minimum atomic E-state index is 0.996. The van der Waals surface area contributed by atoms with Crippen molar-refractivity contribution >= 4 is 0 Å². The van der Waals surface area contributed by atoms with Gasteiger partial charge in [0.1, 0.15) is 0 Å². The van der Waals surface area contributed by atoms with E-state index in [4.69, 9.17) is 0 Å². The molecular weight excluding hydrogens is 200 g/mol. The third-order valence-corrected chi connectivity index (χ3v) is 2.92. The average molecular weight is 218 g/mol. The van der Waals surface area contributed by atoms with Crippen molar-refractivity contribution in [3.63, 3.8) is 0 Å². The molecule has 2 rings (SSSR count). The van der Waals surface area contributed by atoms with Crippen LogP contribution >= 0.6 is 0 Å². The normalized spacial score (nSPS) is 10.9. The Balaban J connectivity index is 2.30. The predicted molar refractivity (Wildman–Crippen MR) is 64.2 cm³/mol. The fourth-order valence-corrected chi connectivity index (χ4v) is 1.84. The van der Waals surface area contributed by atoms with Crippen LogP contribution in [0.5, 0.6) is 0 Å². The first-order valence-corrected chi connectivity index (χ1v) is 5.76. The maximum absolute atomic E-state index is 4.42. The number of hydrogen-bond acceptors (Lipinski definition) is 2. The van der Waals surface area contributed by atoms with Crippen LogP contribution in [0.25, 0.3) is 11.3 Å². The van der Waals surface area contributed by atoms with Crippen molar-refractivity contribution < 1.29 is 0 Å². The van der Waals surface area contributed by atoms with Crippen molar-refractivity contribution in [2.45, 2.75) is 40.2 Å². The van der Waals surface area contributed by atoms with Gasteiger partial charge in [0.05, 0.1) is 18.1 Å². The summed E-state index contributed by atoms with van der Waals surface area (Å²) in [6, 6.07) is 0. The number of H-pyrrole nitrogens is 1.